The van der Waals surface area contributed by atoms with E-state index in [1.807, 2.05) is 24.3 Å². The predicted molar refractivity (Wildman–Crippen MR) is 82.7 cm³/mol. The zero-order valence-electron chi connectivity index (χ0n) is 12.3. The van der Waals surface area contributed by atoms with Gasteiger partial charge < -0.3 is 14.4 Å². The summed E-state index contributed by atoms with van der Waals surface area (Å²) in [7, 11) is 1.63. The molecule has 0 saturated heterocycles. The Kier molecular flexibility index (Phi) is 5.54. The molecule has 2 rings (SSSR count). The number of benzene rings is 2. The number of carbonyl (C=O) groups excluding carboxylic acids is 2. The first-order chi connectivity index (χ1) is 10.7. The minimum Gasteiger partial charge on any atom is -0.482 e. The summed E-state index contributed by atoms with van der Waals surface area (Å²) in [5.74, 6) is -0.315. The van der Waals surface area contributed by atoms with Crippen molar-refractivity contribution >= 4 is 17.6 Å². The van der Waals surface area contributed by atoms with E-state index in [9.17, 15) is 9.59 Å². The average molecular weight is 299 g/mol. The van der Waals surface area contributed by atoms with E-state index in [-0.39, 0.29) is 19.1 Å². The summed E-state index contributed by atoms with van der Waals surface area (Å²) >= 11 is 0. The van der Waals surface area contributed by atoms with Crippen LogP contribution in [0.25, 0.3) is 0 Å². The van der Waals surface area contributed by atoms with E-state index in [0.717, 1.165) is 5.69 Å². The molecule has 1 amide bonds. The summed E-state index contributed by atoms with van der Waals surface area (Å²) in [5.41, 5.74) is 0.740. The van der Waals surface area contributed by atoms with E-state index >= 15 is 0 Å². The lowest BCUT2D eigenvalue weighted by Gasteiger charge is -2.17. The number of nitrogens with zero attached hydrogens (tertiary/aromatic N) is 1. The number of esters is 1. The molecule has 2 aromatic rings. The van der Waals surface area contributed by atoms with E-state index in [1.54, 1.807) is 43.4 Å². The molecule has 0 atom stereocenters. The van der Waals surface area contributed by atoms with Gasteiger partial charge in [-0.1, -0.05) is 36.4 Å². The van der Waals surface area contributed by atoms with Gasteiger partial charge in [0.25, 0.3) is 5.91 Å². The van der Waals surface area contributed by atoms with Gasteiger partial charge in [0, 0.05) is 12.7 Å². The number of ether oxygens (including phenoxy) is 2. The molecule has 0 N–H and O–H groups in total. The molecule has 0 aromatic heterocycles. The molecule has 114 valence electrons. The number of anilines is 1. The van der Waals surface area contributed by atoms with Crippen LogP contribution in [0.5, 0.6) is 5.75 Å². The number of likely N-dealkylation sites (N-methyl/N-ethyl adjacent to an activating group) is 1. The first kappa shape index (κ1) is 15.6. The Labute approximate surface area is 129 Å². The normalized spacial score (nSPS) is 9.86. The van der Waals surface area contributed by atoms with Gasteiger partial charge in [-0.2, -0.15) is 0 Å². The van der Waals surface area contributed by atoms with E-state index in [2.05, 4.69) is 0 Å². The van der Waals surface area contributed by atoms with Crippen LogP contribution in [0.15, 0.2) is 60.7 Å². The lowest BCUT2D eigenvalue weighted by atomic mass is 10.3. The molecular weight excluding hydrogens is 282 g/mol. The molecule has 0 heterocycles. The number of hydrogen-bond acceptors (Lipinski definition) is 4. The summed E-state index contributed by atoms with van der Waals surface area (Å²) in [6.07, 6.45) is 0. The van der Waals surface area contributed by atoms with Crippen molar-refractivity contribution < 1.29 is 19.1 Å². The van der Waals surface area contributed by atoms with Crippen molar-refractivity contribution in [2.45, 2.75) is 0 Å². The van der Waals surface area contributed by atoms with Crippen LogP contribution < -0.4 is 9.64 Å². The molecule has 0 aliphatic carbocycles. The van der Waals surface area contributed by atoms with Gasteiger partial charge in [-0.25, -0.2) is 4.79 Å². The van der Waals surface area contributed by atoms with E-state index < -0.39 is 5.97 Å². The first-order valence-corrected chi connectivity index (χ1v) is 6.82. The third-order valence-corrected chi connectivity index (χ3v) is 2.97. The fourth-order valence-electron chi connectivity index (χ4n) is 1.74. The summed E-state index contributed by atoms with van der Waals surface area (Å²) in [5, 5.41) is 0. The van der Waals surface area contributed by atoms with Crippen molar-refractivity contribution in [3.63, 3.8) is 0 Å². The first-order valence-electron chi connectivity index (χ1n) is 6.82. The summed E-state index contributed by atoms with van der Waals surface area (Å²) in [6.45, 7) is -0.547. The largest absolute Gasteiger partial charge is 0.482 e. The minimum absolute atomic E-state index is 0.230. The highest BCUT2D eigenvalue weighted by Crippen LogP contribution is 2.11. The monoisotopic (exact) mass is 299 g/mol. The van der Waals surface area contributed by atoms with Crippen LogP contribution in [-0.2, 0) is 14.3 Å². The van der Waals surface area contributed by atoms with Gasteiger partial charge >= 0.3 is 5.97 Å². The summed E-state index contributed by atoms with van der Waals surface area (Å²) in [6, 6.07) is 18.1. The Balaban J connectivity index is 1.75. The Bertz CT molecular complexity index is 613. The Morgan fingerprint density at radius 3 is 2.14 bits per heavy atom. The second-order valence-electron chi connectivity index (χ2n) is 4.55. The number of para-hydroxylation sites is 2. The fourth-order valence-corrected chi connectivity index (χ4v) is 1.74. The third kappa shape index (κ3) is 4.63. The van der Waals surface area contributed by atoms with Crippen LogP contribution in [0.3, 0.4) is 0 Å². The molecule has 5 heteroatoms. The van der Waals surface area contributed by atoms with Crippen LogP contribution in [0, 0.1) is 0 Å². The van der Waals surface area contributed by atoms with Gasteiger partial charge in [0.05, 0.1) is 0 Å². The molecule has 0 fully saturated rings. The number of rotatable bonds is 6. The molecule has 0 radical (unpaired) electrons. The quantitative estimate of drug-likeness (QED) is 0.768. The topological polar surface area (TPSA) is 55.8 Å². The maximum absolute atomic E-state index is 11.9. The average Bonchev–Trinajstić information content (AvgIpc) is 2.58. The van der Waals surface area contributed by atoms with Crippen LogP contribution in [-0.4, -0.2) is 32.1 Å². The minimum atomic E-state index is -0.585. The standard InChI is InChI=1S/C17H17NO4/c1-18(14-8-4-2-5-9-14)16(19)12-22-17(20)13-21-15-10-6-3-7-11-15/h2-11H,12-13H2,1H3. The number of hydrogen-bond donors (Lipinski definition) is 0. The lowest BCUT2D eigenvalue weighted by Crippen LogP contribution is -2.31. The highest BCUT2D eigenvalue weighted by atomic mass is 16.6. The van der Waals surface area contributed by atoms with Crippen molar-refractivity contribution in [1.82, 2.24) is 0 Å². The second-order valence-corrected chi connectivity index (χ2v) is 4.55. The van der Waals surface area contributed by atoms with Crippen molar-refractivity contribution in [2.24, 2.45) is 0 Å². The van der Waals surface area contributed by atoms with Crippen LogP contribution in [0.4, 0.5) is 5.69 Å². The van der Waals surface area contributed by atoms with Gasteiger partial charge in [-0.05, 0) is 24.3 Å². The molecule has 0 bridgehead atoms. The Hall–Kier alpha value is -2.82. The van der Waals surface area contributed by atoms with Crippen molar-refractivity contribution in [3.05, 3.63) is 60.7 Å². The van der Waals surface area contributed by atoms with Crippen LogP contribution >= 0.6 is 0 Å². The predicted octanol–water partition coefficient (Wildman–Crippen LogP) is 2.27. The van der Waals surface area contributed by atoms with Crippen molar-refractivity contribution in [1.29, 1.82) is 0 Å². The molecule has 0 aliphatic rings. The van der Waals surface area contributed by atoms with Crippen molar-refractivity contribution in [2.75, 3.05) is 25.2 Å². The molecule has 0 unspecified atom stereocenters. The molecule has 0 spiro atoms. The van der Waals surface area contributed by atoms with Crippen molar-refractivity contribution in [3.8, 4) is 5.75 Å². The van der Waals surface area contributed by atoms with E-state index in [4.69, 9.17) is 9.47 Å². The smallest absolute Gasteiger partial charge is 0.344 e. The van der Waals surface area contributed by atoms with E-state index in [1.165, 1.54) is 4.90 Å². The molecule has 2 aromatic carbocycles. The van der Waals surface area contributed by atoms with Gasteiger partial charge in [0.15, 0.2) is 13.2 Å². The summed E-state index contributed by atoms with van der Waals surface area (Å²) in [4.78, 5) is 24.9. The maximum Gasteiger partial charge on any atom is 0.344 e. The fraction of sp³-hybridized carbons (Fsp3) is 0.176. The molecular formula is C17H17NO4. The van der Waals surface area contributed by atoms with Crippen LogP contribution in [0.1, 0.15) is 0 Å². The van der Waals surface area contributed by atoms with Crippen LogP contribution in [0.2, 0.25) is 0 Å². The molecule has 0 saturated carbocycles. The van der Waals surface area contributed by atoms with Gasteiger partial charge in [-0.3, -0.25) is 4.79 Å². The summed E-state index contributed by atoms with van der Waals surface area (Å²) < 4.78 is 10.2. The third-order valence-electron chi connectivity index (χ3n) is 2.97. The Morgan fingerprint density at radius 2 is 1.50 bits per heavy atom. The maximum atomic E-state index is 11.9. The van der Waals surface area contributed by atoms with Gasteiger partial charge in [0.1, 0.15) is 5.75 Å². The van der Waals surface area contributed by atoms with E-state index in [0.29, 0.717) is 5.75 Å². The zero-order chi connectivity index (χ0) is 15.8. The molecule has 5 nitrogen and oxygen atoms in total. The zero-order valence-corrected chi connectivity index (χ0v) is 12.3. The number of amides is 1. The number of carbonyl (C=O) groups is 2. The highest BCUT2D eigenvalue weighted by molar-refractivity contribution is 5.94. The SMILES string of the molecule is CN(C(=O)COC(=O)COc1ccccc1)c1ccccc1. The van der Waals surface area contributed by atoms with Gasteiger partial charge in [0.2, 0.25) is 0 Å². The molecule has 22 heavy (non-hydrogen) atoms. The van der Waals surface area contributed by atoms with Gasteiger partial charge in [-0.15, -0.1) is 0 Å². The Morgan fingerprint density at radius 1 is 0.909 bits per heavy atom. The lowest BCUT2D eigenvalue weighted by molar-refractivity contribution is -0.149. The second kappa shape index (κ2) is 7.83. The molecule has 0 aliphatic heterocycles. The highest BCUT2D eigenvalue weighted by Gasteiger charge is 2.13.